The minimum atomic E-state index is 0.545. The van der Waals surface area contributed by atoms with Crippen molar-refractivity contribution in [3.63, 3.8) is 0 Å². The Morgan fingerprint density at radius 1 is 1.50 bits per heavy atom. The number of nitrogens with zero attached hydrogens (tertiary/aromatic N) is 4. The third-order valence-electron chi connectivity index (χ3n) is 4.10. The number of nitrogens with one attached hydrogen (secondary N) is 1. The SMILES string of the molecule is CCCn1ncnc1CN(CC1CCCNC1)C(C)C. The van der Waals surface area contributed by atoms with Crippen LogP contribution < -0.4 is 5.32 Å². The summed E-state index contributed by atoms with van der Waals surface area (Å²) in [7, 11) is 0. The Kier molecular flexibility index (Phi) is 5.98. The number of hydrogen-bond donors (Lipinski definition) is 1. The van der Waals surface area contributed by atoms with Crippen LogP contribution in [0.1, 0.15) is 45.9 Å². The molecule has 0 amide bonds. The molecule has 1 aromatic heterocycles. The predicted molar refractivity (Wildman–Crippen MR) is 81.5 cm³/mol. The number of hydrogen-bond acceptors (Lipinski definition) is 4. The van der Waals surface area contributed by atoms with Gasteiger partial charge in [-0.1, -0.05) is 6.92 Å². The summed E-state index contributed by atoms with van der Waals surface area (Å²) >= 11 is 0. The third-order valence-corrected chi connectivity index (χ3v) is 4.10. The fourth-order valence-corrected chi connectivity index (χ4v) is 2.86. The zero-order valence-electron chi connectivity index (χ0n) is 13.2. The van der Waals surface area contributed by atoms with Crippen LogP contribution >= 0.6 is 0 Å². The van der Waals surface area contributed by atoms with Crippen molar-refractivity contribution in [1.82, 2.24) is 25.0 Å². The van der Waals surface area contributed by atoms with Crippen LogP contribution in [0.3, 0.4) is 0 Å². The maximum Gasteiger partial charge on any atom is 0.141 e. The second kappa shape index (κ2) is 7.74. The minimum Gasteiger partial charge on any atom is -0.316 e. The Balaban J connectivity index is 1.95. The van der Waals surface area contributed by atoms with Gasteiger partial charge in [-0.15, -0.1) is 0 Å². The summed E-state index contributed by atoms with van der Waals surface area (Å²) < 4.78 is 2.05. The predicted octanol–water partition coefficient (Wildman–Crippen LogP) is 1.90. The molecule has 1 N–H and O–H groups in total. The number of piperidine rings is 1. The molecule has 1 fully saturated rings. The highest BCUT2D eigenvalue weighted by Gasteiger charge is 2.20. The molecule has 0 saturated carbocycles. The van der Waals surface area contributed by atoms with Crippen molar-refractivity contribution in [3.05, 3.63) is 12.2 Å². The molecule has 1 unspecified atom stereocenters. The van der Waals surface area contributed by atoms with Gasteiger partial charge in [0.15, 0.2) is 0 Å². The first-order valence-corrected chi connectivity index (χ1v) is 8.02. The Morgan fingerprint density at radius 3 is 3.00 bits per heavy atom. The van der Waals surface area contributed by atoms with Crippen LogP contribution in [0.5, 0.6) is 0 Å². The van der Waals surface area contributed by atoms with Crippen LogP contribution in [0.4, 0.5) is 0 Å². The minimum absolute atomic E-state index is 0.545. The summed E-state index contributed by atoms with van der Waals surface area (Å²) in [6.45, 7) is 12.1. The molecule has 1 atom stereocenters. The lowest BCUT2D eigenvalue weighted by Crippen LogP contribution is -2.41. The van der Waals surface area contributed by atoms with Gasteiger partial charge < -0.3 is 5.32 Å². The number of aromatic nitrogens is 3. The first-order chi connectivity index (χ1) is 9.70. The highest BCUT2D eigenvalue weighted by Crippen LogP contribution is 2.15. The van der Waals surface area contributed by atoms with Gasteiger partial charge in [0.2, 0.25) is 0 Å². The molecule has 5 nitrogen and oxygen atoms in total. The fourth-order valence-electron chi connectivity index (χ4n) is 2.86. The van der Waals surface area contributed by atoms with E-state index in [-0.39, 0.29) is 0 Å². The lowest BCUT2D eigenvalue weighted by Gasteiger charge is -2.32. The van der Waals surface area contributed by atoms with Gasteiger partial charge in [0, 0.05) is 19.1 Å². The molecular formula is C15H29N5. The quantitative estimate of drug-likeness (QED) is 0.828. The largest absolute Gasteiger partial charge is 0.316 e. The maximum atomic E-state index is 4.44. The Bertz CT molecular complexity index is 381. The summed E-state index contributed by atoms with van der Waals surface area (Å²) in [5.41, 5.74) is 0. The van der Waals surface area contributed by atoms with Gasteiger partial charge in [0.25, 0.3) is 0 Å². The fraction of sp³-hybridized carbons (Fsp3) is 0.867. The van der Waals surface area contributed by atoms with E-state index in [1.807, 2.05) is 0 Å². The van der Waals surface area contributed by atoms with Crippen LogP contribution in [0.2, 0.25) is 0 Å². The molecule has 0 spiro atoms. The number of aryl methyl sites for hydroxylation is 1. The average Bonchev–Trinajstić information content (AvgIpc) is 2.87. The van der Waals surface area contributed by atoms with Crippen molar-refractivity contribution in [1.29, 1.82) is 0 Å². The third kappa shape index (κ3) is 4.28. The molecule has 1 aliphatic rings. The van der Waals surface area contributed by atoms with Crippen LogP contribution in [-0.2, 0) is 13.1 Å². The normalized spacial score (nSPS) is 19.9. The van der Waals surface area contributed by atoms with E-state index < -0.39 is 0 Å². The van der Waals surface area contributed by atoms with Crippen molar-refractivity contribution >= 4 is 0 Å². The first kappa shape index (κ1) is 15.4. The van der Waals surface area contributed by atoms with Crippen LogP contribution in [0.15, 0.2) is 6.33 Å². The van der Waals surface area contributed by atoms with Crippen LogP contribution in [-0.4, -0.2) is 45.3 Å². The van der Waals surface area contributed by atoms with Crippen molar-refractivity contribution in [2.24, 2.45) is 5.92 Å². The molecule has 1 aliphatic heterocycles. The van der Waals surface area contributed by atoms with E-state index in [1.165, 1.54) is 19.4 Å². The van der Waals surface area contributed by atoms with Gasteiger partial charge in [-0.3, -0.25) is 4.90 Å². The molecule has 5 heteroatoms. The van der Waals surface area contributed by atoms with E-state index in [4.69, 9.17) is 0 Å². The molecule has 1 saturated heterocycles. The van der Waals surface area contributed by atoms with Crippen molar-refractivity contribution in [3.8, 4) is 0 Å². The standard InChI is InChI=1S/C15H29N5/c1-4-8-20-15(17-12-18-20)11-19(13(2)3)10-14-6-5-7-16-9-14/h12-14,16H,4-11H2,1-3H3. The summed E-state index contributed by atoms with van der Waals surface area (Å²) in [5.74, 6) is 1.87. The second-order valence-electron chi connectivity index (χ2n) is 6.13. The van der Waals surface area contributed by atoms with Gasteiger partial charge in [0.05, 0.1) is 6.54 Å². The molecule has 114 valence electrons. The highest BCUT2D eigenvalue weighted by molar-refractivity contribution is 4.87. The zero-order valence-corrected chi connectivity index (χ0v) is 13.2. The molecule has 0 radical (unpaired) electrons. The molecule has 2 rings (SSSR count). The smallest absolute Gasteiger partial charge is 0.141 e. The lowest BCUT2D eigenvalue weighted by molar-refractivity contribution is 0.157. The van der Waals surface area contributed by atoms with Gasteiger partial charge in [-0.2, -0.15) is 5.10 Å². The topological polar surface area (TPSA) is 46.0 Å². The van der Waals surface area contributed by atoms with Gasteiger partial charge in [-0.05, 0) is 52.1 Å². The second-order valence-corrected chi connectivity index (χ2v) is 6.13. The molecule has 1 aromatic rings. The lowest BCUT2D eigenvalue weighted by atomic mass is 9.98. The van der Waals surface area contributed by atoms with Crippen molar-refractivity contribution in [2.45, 2.75) is 59.2 Å². The Hall–Kier alpha value is -0.940. The monoisotopic (exact) mass is 279 g/mol. The maximum absolute atomic E-state index is 4.44. The van der Waals surface area contributed by atoms with E-state index in [2.05, 4.69) is 45.8 Å². The molecule has 0 aromatic carbocycles. The Morgan fingerprint density at radius 2 is 2.35 bits per heavy atom. The van der Waals surface area contributed by atoms with E-state index in [0.717, 1.165) is 44.3 Å². The average molecular weight is 279 g/mol. The summed E-state index contributed by atoms with van der Waals surface area (Å²) in [4.78, 5) is 6.98. The van der Waals surface area contributed by atoms with E-state index >= 15 is 0 Å². The van der Waals surface area contributed by atoms with E-state index in [9.17, 15) is 0 Å². The van der Waals surface area contributed by atoms with Gasteiger partial charge >= 0.3 is 0 Å². The van der Waals surface area contributed by atoms with Crippen molar-refractivity contribution in [2.75, 3.05) is 19.6 Å². The molecule has 2 heterocycles. The van der Waals surface area contributed by atoms with E-state index in [0.29, 0.717) is 6.04 Å². The van der Waals surface area contributed by atoms with E-state index in [1.54, 1.807) is 6.33 Å². The Labute approximate surface area is 122 Å². The molecular weight excluding hydrogens is 250 g/mol. The molecule has 0 bridgehead atoms. The molecule has 20 heavy (non-hydrogen) atoms. The molecule has 0 aliphatic carbocycles. The van der Waals surface area contributed by atoms with Gasteiger partial charge in [0.1, 0.15) is 12.2 Å². The summed E-state index contributed by atoms with van der Waals surface area (Å²) in [6.07, 6.45) is 5.44. The van der Waals surface area contributed by atoms with Crippen LogP contribution in [0.25, 0.3) is 0 Å². The zero-order chi connectivity index (χ0) is 14.4. The summed E-state index contributed by atoms with van der Waals surface area (Å²) in [5, 5.41) is 7.84. The van der Waals surface area contributed by atoms with Crippen LogP contribution in [0, 0.1) is 5.92 Å². The first-order valence-electron chi connectivity index (χ1n) is 8.02. The number of rotatable bonds is 7. The van der Waals surface area contributed by atoms with Gasteiger partial charge in [-0.25, -0.2) is 9.67 Å². The summed E-state index contributed by atoms with van der Waals surface area (Å²) in [6, 6.07) is 0.545. The van der Waals surface area contributed by atoms with Crippen molar-refractivity contribution < 1.29 is 0 Å². The highest BCUT2D eigenvalue weighted by atomic mass is 15.3.